The number of aryl methyl sites for hydroxylation is 2. The van der Waals surface area contributed by atoms with Crippen LogP contribution in [0.5, 0.6) is 0 Å². The van der Waals surface area contributed by atoms with Crippen molar-refractivity contribution in [3.8, 4) is 0 Å². The fourth-order valence-electron chi connectivity index (χ4n) is 4.95. The topological polar surface area (TPSA) is 131 Å². The van der Waals surface area contributed by atoms with Gasteiger partial charge in [-0.05, 0) is 50.9 Å². The molecule has 1 aromatic carbocycles. The van der Waals surface area contributed by atoms with Crippen molar-refractivity contribution in [1.82, 2.24) is 24.3 Å². The Bertz CT molecular complexity index is 1330. The molecule has 1 amide bonds. The molecule has 4 N–H and O–H groups in total. The molecular weight excluding hydrogens is 516 g/mol. The van der Waals surface area contributed by atoms with E-state index < -0.39 is 5.60 Å². The molecule has 5 rings (SSSR count). The maximum atomic E-state index is 13.3. The predicted octanol–water partition coefficient (Wildman–Crippen LogP) is 3.78. The first kappa shape index (κ1) is 29.3. The van der Waals surface area contributed by atoms with E-state index in [0.29, 0.717) is 37.0 Å². The first-order valence-corrected chi connectivity index (χ1v) is 14.3. The number of carbonyl (C=O) groups is 1. The highest BCUT2D eigenvalue weighted by atomic mass is 32.2. The molecule has 216 valence electrons. The predicted molar refractivity (Wildman–Crippen MR) is 160 cm³/mol. The highest BCUT2D eigenvalue weighted by molar-refractivity contribution is 8.09. The van der Waals surface area contributed by atoms with Gasteiger partial charge in [-0.25, -0.2) is 9.97 Å². The van der Waals surface area contributed by atoms with Gasteiger partial charge in [0.25, 0.3) is 0 Å². The van der Waals surface area contributed by atoms with E-state index in [9.17, 15) is 9.90 Å². The minimum Gasteiger partial charge on any atom is -0.441 e. The summed E-state index contributed by atoms with van der Waals surface area (Å²) < 4.78 is 7.65. The van der Waals surface area contributed by atoms with Crippen LogP contribution < -0.4 is 5.32 Å². The van der Waals surface area contributed by atoms with Gasteiger partial charge in [0.15, 0.2) is 11.7 Å². The van der Waals surface area contributed by atoms with Gasteiger partial charge in [0.1, 0.15) is 0 Å². The lowest BCUT2D eigenvalue weighted by Crippen LogP contribution is -2.45. The van der Waals surface area contributed by atoms with Gasteiger partial charge in [-0.1, -0.05) is 19.1 Å². The molecule has 1 fully saturated rings. The number of oxazole rings is 1. The number of aliphatic hydroxyl groups is 1. The first-order valence-electron chi connectivity index (χ1n) is 13.5. The van der Waals surface area contributed by atoms with Crippen molar-refractivity contribution in [2.45, 2.75) is 64.5 Å². The number of carbonyl (C=O) groups excluding carboxylic acids is 1. The Hall–Kier alpha value is -2.70. The number of amides is 1. The summed E-state index contributed by atoms with van der Waals surface area (Å²) in [4.78, 5) is 28.2. The van der Waals surface area contributed by atoms with Crippen molar-refractivity contribution in [3.63, 3.8) is 0 Å². The van der Waals surface area contributed by atoms with E-state index in [2.05, 4.69) is 45.2 Å². The number of likely N-dealkylation sites (N-methyl/N-ethyl adjacent to an activating group) is 1. The van der Waals surface area contributed by atoms with Crippen molar-refractivity contribution in [2.24, 2.45) is 0 Å². The van der Waals surface area contributed by atoms with Crippen LogP contribution in [-0.2, 0) is 17.9 Å². The number of hydrogen-bond donors (Lipinski definition) is 2. The summed E-state index contributed by atoms with van der Waals surface area (Å²) in [7, 11) is 0. The second-order valence-electron chi connectivity index (χ2n) is 10.8. The van der Waals surface area contributed by atoms with E-state index in [0.717, 1.165) is 55.2 Å². The van der Waals surface area contributed by atoms with Gasteiger partial charge in [-0.3, -0.25) is 15.0 Å². The van der Waals surface area contributed by atoms with Crippen molar-refractivity contribution in [3.05, 3.63) is 47.7 Å². The minimum absolute atomic E-state index is 0. The lowest BCUT2D eigenvalue weighted by atomic mass is 10.1. The number of rotatable bonds is 9. The van der Waals surface area contributed by atoms with Crippen LogP contribution in [0, 0.1) is 6.92 Å². The summed E-state index contributed by atoms with van der Waals surface area (Å²) in [6.07, 6.45) is 4.88. The second kappa shape index (κ2) is 12.2. The van der Waals surface area contributed by atoms with Gasteiger partial charge in [0, 0.05) is 54.0 Å². The summed E-state index contributed by atoms with van der Waals surface area (Å²) in [5, 5.41) is 13.2. The molecule has 2 aromatic heterocycles. The van der Waals surface area contributed by atoms with E-state index in [-0.39, 0.29) is 19.5 Å². The second-order valence-corrected chi connectivity index (χ2v) is 12.1. The standard InChI is InChI=1S/C28H38N6O3S.H2O.2H2/c1-5-32-12-14-33(15-13-32)18-20-6-7-22-21(16-20)30-27(34(22)11-10-28(3,4)36)31-26(35)25-9-8-24(38-25)23-17-29-19(2)37-23;;;/h6-8,16-17,25,36H,5,9-15,18H2,1-4H3,(H,30,31,35);1H2;2*1H. The lowest BCUT2D eigenvalue weighted by Gasteiger charge is -2.34. The van der Waals surface area contributed by atoms with Crippen LogP contribution in [0.25, 0.3) is 15.9 Å². The van der Waals surface area contributed by atoms with E-state index in [4.69, 9.17) is 9.40 Å². The van der Waals surface area contributed by atoms with Crippen LogP contribution in [0.3, 0.4) is 0 Å². The number of thioether (sulfide) groups is 1. The Kier molecular flexibility index (Phi) is 9.18. The molecule has 1 unspecified atom stereocenters. The van der Waals surface area contributed by atoms with Gasteiger partial charge in [-0.2, -0.15) is 0 Å². The summed E-state index contributed by atoms with van der Waals surface area (Å²) in [5.41, 5.74) is 2.21. The number of nitrogens with zero attached hydrogens (tertiary/aromatic N) is 5. The number of anilines is 1. The zero-order chi connectivity index (χ0) is 26.9. The maximum absolute atomic E-state index is 13.3. The molecule has 0 spiro atoms. The fraction of sp³-hybridized carbons (Fsp3) is 0.536. The first-order chi connectivity index (χ1) is 18.2. The third kappa shape index (κ3) is 7.09. The molecule has 0 aliphatic carbocycles. The van der Waals surface area contributed by atoms with Crippen LogP contribution in [0.15, 0.2) is 34.9 Å². The van der Waals surface area contributed by atoms with Crippen LogP contribution in [-0.4, -0.2) is 84.4 Å². The number of benzene rings is 1. The molecule has 39 heavy (non-hydrogen) atoms. The Morgan fingerprint density at radius 2 is 2.00 bits per heavy atom. The van der Waals surface area contributed by atoms with E-state index in [1.165, 1.54) is 17.3 Å². The van der Waals surface area contributed by atoms with Crippen molar-refractivity contribution < 1.29 is 22.6 Å². The van der Waals surface area contributed by atoms with Crippen molar-refractivity contribution in [1.29, 1.82) is 0 Å². The van der Waals surface area contributed by atoms with Crippen molar-refractivity contribution >= 4 is 39.6 Å². The summed E-state index contributed by atoms with van der Waals surface area (Å²) in [5.74, 6) is 1.74. The molecule has 2 aliphatic heterocycles. The Labute approximate surface area is 236 Å². The average Bonchev–Trinajstić information content (AvgIpc) is 3.61. The summed E-state index contributed by atoms with van der Waals surface area (Å²) in [6.45, 7) is 14.5. The molecule has 11 heteroatoms. The monoisotopic (exact) mass is 560 g/mol. The van der Waals surface area contributed by atoms with E-state index in [1.54, 1.807) is 20.0 Å². The number of hydrogen-bond acceptors (Lipinski definition) is 8. The SMILES string of the molecule is CCN1CCN(Cc2ccc3c(c2)nc(NC(=O)C2CC=C(c4cnc(C)o4)S2)n3CCC(C)(C)O)CC1.O.[HH].[HH]. The largest absolute Gasteiger partial charge is 0.441 e. The van der Waals surface area contributed by atoms with Crippen LogP contribution in [0.1, 0.15) is 53.7 Å². The van der Waals surface area contributed by atoms with E-state index >= 15 is 0 Å². The summed E-state index contributed by atoms with van der Waals surface area (Å²) >= 11 is 1.49. The minimum atomic E-state index is -0.826. The number of aromatic nitrogens is 3. The van der Waals surface area contributed by atoms with Gasteiger partial charge < -0.3 is 24.5 Å². The molecule has 1 atom stereocenters. The quantitative estimate of drug-likeness (QED) is 0.404. The molecule has 0 radical (unpaired) electrons. The van der Waals surface area contributed by atoms with Crippen LogP contribution >= 0.6 is 11.8 Å². The van der Waals surface area contributed by atoms with Gasteiger partial charge >= 0.3 is 0 Å². The maximum Gasteiger partial charge on any atom is 0.240 e. The molecule has 0 saturated carbocycles. The highest BCUT2D eigenvalue weighted by Gasteiger charge is 2.29. The summed E-state index contributed by atoms with van der Waals surface area (Å²) in [6, 6.07) is 6.38. The Morgan fingerprint density at radius 1 is 1.26 bits per heavy atom. The van der Waals surface area contributed by atoms with Crippen LogP contribution in [0.2, 0.25) is 0 Å². The van der Waals surface area contributed by atoms with Gasteiger partial charge in [-0.15, -0.1) is 11.8 Å². The highest BCUT2D eigenvalue weighted by Crippen LogP contribution is 2.40. The third-order valence-electron chi connectivity index (χ3n) is 7.26. The average molecular weight is 561 g/mol. The van der Waals surface area contributed by atoms with Crippen LogP contribution in [0.4, 0.5) is 5.95 Å². The lowest BCUT2D eigenvalue weighted by molar-refractivity contribution is -0.115. The Morgan fingerprint density at radius 3 is 2.67 bits per heavy atom. The molecule has 1 saturated heterocycles. The molecular formula is C28H44N6O4S. The molecule has 4 heterocycles. The zero-order valence-corrected chi connectivity index (χ0v) is 24.1. The third-order valence-corrected chi connectivity index (χ3v) is 8.57. The number of imidazole rings is 1. The normalized spacial score (nSPS) is 18.8. The van der Waals surface area contributed by atoms with Gasteiger partial charge in [0.2, 0.25) is 11.9 Å². The molecule has 0 bridgehead atoms. The molecule has 2 aliphatic rings. The molecule has 3 aromatic rings. The number of piperazine rings is 1. The number of nitrogens with one attached hydrogen (secondary N) is 1. The fourth-order valence-corrected chi connectivity index (χ4v) is 6.02. The van der Waals surface area contributed by atoms with E-state index in [1.807, 2.05) is 17.6 Å². The molecule has 10 nitrogen and oxygen atoms in total. The van der Waals surface area contributed by atoms with Gasteiger partial charge in [0.05, 0.1) is 28.1 Å². The zero-order valence-electron chi connectivity index (χ0n) is 23.2. The van der Waals surface area contributed by atoms with Crippen molar-refractivity contribution in [2.75, 3.05) is 38.0 Å². The number of allylic oxidation sites excluding steroid dienone is 1. The Balaban J connectivity index is 0.00000196. The number of fused-ring (bicyclic) bond motifs is 1. The smallest absolute Gasteiger partial charge is 0.240 e.